The Labute approximate surface area is 193 Å². The molecule has 3 rings (SSSR count). The summed E-state index contributed by atoms with van der Waals surface area (Å²) in [5.41, 5.74) is 1.13. The first-order valence-corrected chi connectivity index (χ1v) is 11.5. The van der Waals surface area contributed by atoms with Crippen molar-refractivity contribution in [2.45, 2.75) is 51.0 Å². The van der Waals surface area contributed by atoms with Gasteiger partial charge >= 0.3 is 0 Å². The molecule has 0 heterocycles. The van der Waals surface area contributed by atoms with Crippen molar-refractivity contribution in [3.8, 4) is 5.75 Å². The quantitative estimate of drug-likeness (QED) is 0.498. The zero-order valence-electron chi connectivity index (χ0n) is 17.7. The van der Waals surface area contributed by atoms with Crippen molar-refractivity contribution >= 4 is 40.7 Å². The van der Waals surface area contributed by atoms with Gasteiger partial charge in [-0.15, -0.1) is 0 Å². The predicted molar refractivity (Wildman–Crippen MR) is 125 cm³/mol. The summed E-state index contributed by atoms with van der Waals surface area (Å²) in [5.74, 6) is 0.336. The highest BCUT2D eigenvalue weighted by Crippen LogP contribution is 2.28. The monoisotopic (exact) mass is 462 g/mol. The standard InChI is InChI=1S/C24H28Cl2N2O3/c1-28(23(29)12-7-15-31-22-14-13-17(25)16-20(22)26)21-11-6-5-10-19(21)24(30)27-18-8-3-2-4-9-18/h5-6,10-11,13-14,16,18H,2-4,7-9,12,15H2,1H3,(H,27,30). The minimum Gasteiger partial charge on any atom is -0.492 e. The summed E-state index contributed by atoms with van der Waals surface area (Å²) in [5, 5.41) is 4.11. The molecule has 2 aromatic rings. The highest BCUT2D eigenvalue weighted by atomic mass is 35.5. The fraction of sp³-hybridized carbons (Fsp3) is 0.417. The van der Waals surface area contributed by atoms with Crippen LogP contribution in [0, 0.1) is 0 Å². The van der Waals surface area contributed by atoms with Crippen molar-refractivity contribution < 1.29 is 14.3 Å². The van der Waals surface area contributed by atoms with Crippen LogP contribution in [0.5, 0.6) is 5.75 Å². The molecule has 0 unspecified atom stereocenters. The van der Waals surface area contributed by atoms with E-state index in [2.05, 4.69) is 5.32 Å². The summed E-state index contributed by atoms with van der Waals surface area (Å²) >= 11 is 12.0. The zero-order valence-corrected chi connectivity index (χ0v) is 19.2. The minimum atomic E-state index is -0.122. The van der Waals surface area contributed by atoms with Gasteiger partial charge < -0.3 is 15.0 Å². The maximum Gasteiger partial charge on any atom is 0.253 e. The van der Waals surface area contributed by atoms with Gasteiger partial charge in [0.15, 0.2) is 0 Å². The number of amides is 2. The number of ether oxygens (including phenoxy) is 1. The topological polar surface area (TPSA) is 58.6 Å². The van der Waals surface area contributed by atoms with E-state index in [0.717, 1.165) is 25.7 Å². The van der Waals surface area contributed by atoms with E-state index in [9.17, 15) is 9.59 Å². The molecule has 7 heteroatoms. The van der Waals surface area contributed by atoms with E-state index >= 15 is 0 Å². The summed E-state index contributed by atoms with van der Waals surface area (Å²) in [6.45, 7) is 0.352. The summed E-state index contributed by atoms with van der Waals surface area (Å²) in [4.78, 5) is 27.1. The smallest absolute Gasteiger partial charge is 0.253 e. The third-order valence-corrected chi connectivity index (χ3v) is 6.04. The number of halogens is 2. The Bertz CT molecular complexity index is 913. The van der Waals surface area contributed by atoms with Crippen molar-refractivity contribution in [2.75, 3.05) is 18.6 Å². The molecule has 0 spiro atoms. The Morgan fingerprint density at radius 1 is 1.10 bits per heavy atom. The number of benzene rings is 2. The number of para-hydroxylation sites is 1. The van der Waals surface area contributed by atoms with Gasteiger partial charge in [-0.25, -0.2) is 0 Å². The first kappa shape index (κ1) is 23.4. The molecule has 1 aliphatic rings. The van der Waals surface area contributed by atoms with E-state index < -0.39 is 0 Å². The molecular formula is C24H28Cl2N2O3. The summed E-state index contributed by atoms with van der Waals surface area (Å²) in [6, 6.07) is 12.5. The number of hydrogen-bond acceptors (Lipinski definition) is 3. The second-order valence-electron chi connectivity index (χ2n) is 7.81. The highest BCUT2D eigenvalue weighted by molar-refractivity contribution is 6.35. The van der Waals surface area contributed by atoms with E-state index in [1.54, 1.807) is 42.3 Å². The number of nitrogens with one attached hydrogen (secondary N) is 1. The van der Waals surface area contributed by atoms with E-state index in [1.165, 1.54) is 6.42 Å². The summed E-state index contributed by atoms with van der Waals surface area (Å²) in [7, 11) is 1.70. The normalized spacial score (nSPS) is 14.2. The molecule has 0 bridgehead atoms. The molecule has 0 atom stereocenters. The molecule has 31 heavy (non-hydrogen) atoms. The molecule has 2 amide bonds. The third-order valence-electron chi connectivity index (χ3n) is 5.51. The number of nitrogens with zero attached hydrogens (tertiary/aromatic N) is 1. The van der Waals surface area contributed by atoms with Gasteiger partial charge in [0.2, 0.25) is 5.91 Å². The summed E-state index contributed by atoms with van der Waals surface area (Å²) < 4.78 is 5.65. The van der Waals surface area contributed by atoms with Gasteiger partial charge in [-0.1, -0.05) is 54.6 Å². The van der Waals surface area contributed by atoms with Crippen molar-refractivity contribution in [1.29, 1.82) is 0 Å². The maximum absolute atomic E-state index is 12.8. The van der Waals surface area contributed by atoms with Crippen molar-refractivity contribution in [3.05, 3.63) is 58.1 Å². The van der Waals surface area contributed by atoms with Crippen LogP contribution in [-0.2, 0) is 4.79 Å². The average Bonchev–Trinajstić information content (AvgIpc) is 2.78. The van der Waals surface area contributed by atoms with Crippen molar-refractivity contribution in [2.24, 2.45) is 0 Å². The van der Waals surface area contributed by atoms with Gasteiger partial charge in [-0.2, -0.15) is 0 Å². The number of carbonyl (C=O) groups excluding carboxylic acids is 2. The molecule has 2 aromatic carbocycles. The molecular weight excluding hydrogens is 435 g/mol. The molecule has 0 aromatic heterocycles. The highest BCUT2D eigenvalue weighted by Gasteiger charge is 2.21. The Morgan fingerprint density at radius 2 is 1.84 bits per heavy atom. The van der Waals surface area contributed by atoms with Gasteiger partial charge in [-0.3, -0.25) is 9.59 Å². The molecule has 0 saturated heterocycles. The lowest BCUT2D eigenvalue weighted by atomic mass is 9.95. The molecule has 5 nitrogen and oxygen atoms in total. The van der Waals surface area contributed by atoms with Crippen LogP contribution >= 0.6 is 23.2 Å². The van der Waals surface area contributed by atoms with Crippen LogP contribution in [0.3, 0.4) is 0 Å². The minimum absolute atomic E-state index is 0.0799. The zero-order chi connectivity index (χ0) is 22.2. The first-order valence-electron chi connectivity index (χ1n) is 10.7. The molecule has 0 radical (unpaired) electrons. The molecule has 0 aliphatic heterocycles. The average molecular weight is 463 g/mol. The largest absolute Gasteiger partial charge is 0.492 e. The fourth-order valence-electron chi connectivity index (χ4n) is 3.77. The molecule has 1 N–H and O–H groups in total. The number of carbonyl (C=O) groups is 2. The second-order valence-corrected chi connectivity index (χ2v) is 8.65. The molecule has 1 aliphatic carbocycles. The lowest BCUT2D eigenvalue weighted by Gasteiger charge is -2.25. The Balaban J connectivity index is 1.54. The van der Waals surface area contributed by atoms with E-state index in [1.807, 2.05) is 12.1 Å². The van der Waals surface area contributed by atoms with Crippen LogP contribution in [0.1, 0.15) is 55.3 Å². The van der Waals surface area contributed by atoms with E-state index in [4.69, 9.17) is 27.9 Å². The van der Waals surface area contributed by atoms with Crippen LogP contribution < -0.4 is 15.0 Å². The predicted octanol–water partition coefficient (Wildman–Crippen LogP) is 5.88. The van der Waals surface area contributed by atoms with Gasteiger partial charge in [0.1, 0.15) is 5.75 Å². The molecule has 1 fully saturated rings. The first-order chi connectivity index (χ1) is 15.0. The van der Waals surface area contributed by atoms with Gasteiger partial charge in [0.25, 0.3) is 5.91 Å². The second kappa shape index (κ2) is 11.4. The van der Waals surface area contributed by atoms with Crippen LogP contribution in [0.2, 0.25) is 10.0 Å². The van der Waals surface area contributed by atoms with E-state index in [0.29, 0.717) is 46.5 Å². The van der Waals surface area contributed by atoms with Gasteiger partial charge in [0, 0.05) is 24.5 Å². The van der Waals surface area contributed by atoms with Crippen LogP contribution in [0.15, 0.2) is 42.5 Å². The fourth-order valence-corrected chi connectivity index (χ4v) is 4.23. The Hall–Kier alpha value is -2.24. The number of anilines is 1. The number of rotatable bonds is 8. The maximum atomic E-state index is 12.8. The molecule has 166 valence electrons. The Morgan fingerprint density at radius 3 is 2.58 bits per heavy atom. The van der Waals surface area contributed by atoms with Gasteiger partial charge in [0.05, 0.1) is 22.9 Å². The SMILES string of the molecule is CN(C(=O)CCCOc1ccc(Cl)cc1Cl)c1ccccc1C(=O)NC1CCCCC1. The third kappa shape index (κ3) is 6.62. The molecule has 1 saturated carbocycles. The Kier molecular flexibility index (Phi) is 8.61. The van der Waals surface area contributed by atoms with Crippen molar-refractivity contribution in [1.82, 2.24) is 5.32 Å². The lowest BCUT2D eigenvalue weighted by molar-refractivity contribution is -0.118. The summed E-state index contributed by atoms with van der Waals surface area (Å²) in [6.07, 6.45) is 6.37. The van der Waals surface area contributed by atoms with Crippen LogP contribution in [0.25, 0.3) is 0 Å². The van der Waals surface area contributed by atoms with Crippen molar-refractivity contribution in [3.63, 3.8) is 0 Å². The van der Waals surface area contributed by atoms with Gasteiger partial charge in [-0.05, 0) is 49.6 Å². The van der Waals surface area contributed by atoms with Crippen LogP contribution in [-0.4, -0.2) is 31.5 Å². The lowest BCUT2D eigenvalue weighted by Crippen LogP contribution is -2.37. The van der Waals surface area contributed by atoms with E-state index in [-0.39, 0.29) is 17.9 Å². The number of hydrogen-bond donors (Lipinski definition) is 1. The van der Waals surface area contributed by atoms with Crippen LogP contribution in [0.4, 0.5) is 5.69 Å².